The van der Waals surface area contributed by atoms with Crippen molar-refractivity contribution in [2.45, 2.75) is 20.3 Å². The third-order valence-electron chi connectivity index (χ3n) is 2.59. The second kappa shape index (κ2) is 7.65. The maximum absolute atomic E-state index is 11.7. The number of aromatic amines is 1. The van der Waals surface area contributed by atoms with Crippen molar-refractivity contribution < 1.29 is 14.6 Å². The molecule has 7 nitrogen and oxygen atoms in total. The summed E-state index contributed by atoms with van der Waals surface area (Å²) < 4.78 is 5.02. The highest BCUT2D eigenvalue weighted by atomic mass is 16.5. The molecule has 0 aliphatic carbocycles. The second-order valence-corrected chi connectivity index (χ2v) is 4.09. The molecule has 1 rings (SSSR count). The lowest BCUT2D eigenvalue weighted by Crippen LogP contribution is -2.30. The molecule has 1 aromatic rings. The van der Waals surface area contributed by atoms with Gasteiger partial charge in [0.1, 0.15) is 0 Å². The molecule has 1 amide bonds. The third-order valence-corrected chi connectivity index (χ3v) is 2.59. The van der Waals surface area contributed by atoms with Gasteiger partial charge in [-0.1, -0.05) is 0 Å². The summed E-state index contributed by atoms with van der Waals surface area (Å²) >= 11 is 0. The van der Waals surface area contributed by atoms with E-state index in [9.17, 15) is 9.59 Å². The van der Waals surface area contributed by atoms with Crippen LogP contribution in [0.15, 0.2) is 4.79 Å². The summed E-state index contributed by atoms with van der Waals surface area (Å²) in [6, 6.07) is 0. The molecule has 0 atom stereocenters. The molecule has 0 radical (unpaired) electrons. The highest BCUT2D eigenvalue weighted by Gasteiger charge is 2.10. The van der Waals surface area contributed by atoms with Crippen molar-refractivity contribution in [3.8, 4) is 0 Å². The monoisotopic (exact) mass is 269 g/mol. The SMILES string of the molecule is Cc1nc(=O)[nH]c(C)c1CC(=O)NCCOCCO. The van der Waals surface area contributed by atoms with Crippen molar-refractivity contribution >= 4 is 5.91 Å². The van der Waals surface area contributed by atoms with Crippen LogP contribution >= 0.6 is 0 Å². The number of aliphatic hydroxyl groups excluding tert-OH is 1. The number of hydrogen-bond acceptors (Lipinski definition) is 5. The molecule has 7 heteroatoms. The number of amides is 1. The Labute approximate surface area is 111 Å². The molecule has 3 N–H and O–H groups in total. The fourth-order valence-corrected chi connectivity index (χ4v) is 1.67. The number of H-pyrrole nitrogens is 1. The van der Waals surface area contributed by atoms with E-state index in [1.807, 2.05) is 0 Å². The van der Waals surface area contributed by atoms with Gasteiger partial charge >= 0.3 is 5.69 Å². The van der Waals surface area contributed by atoms with Crippen LogP contribution in [0.4, 0.5) is 0 Å². The lowest BCUT2D eigenvalue weighted by Gasteiger charge is -2.09. The van der Waals surface area contributed by atoms with Crippen LogP contribution in [0.1, 0.15) is 17.0 Å². The molecular weight excluding hydrogens is 250 g/mol. The summed E-state index contributed by atoms with van der Waals surface area (Å²) in [6.45, 7) is 4.41. The molecule has 0 spiro atoms. The van der Waals surface area contributed by atoms with Crippen LogP contribution < -0.4 is 11.0 Å². The lowest BCUT2D eigenvalue weighted by atomic mass is 10.1. The minimum Gasteiger partial charge on any atom is -0.394 e. The topological polar surface area (TPSA) is 104 Å². The number of aryl methyl sites for hydroxylation is 2. The Hall–Kier alpha value is -1.73. The Morgan fingerprint density at radius 3 is 2.79 bits per heavy atom. The van der Waals surface area contributed by atoms with E-state index in [0.29, 0.717) is 24.5 Å². The number of carbonyl (C=O) groups is 1. The first-order chi connectivity index (χ1) is 9.04. The first-order valence-electron chi connectivity index (χ1n) is 6.06. The highest BCUT2D eigenvalue weighted by molar-refractivity contribution is 5.78. The van der Waals surface area contributed by atoms with Crippen LogP contribution in [0, 0.1) is 13.8 Å². The van der Waals surface area contributed by atoms with Crippen LogP contribution in [0.5, 0.6) is 0 Å². The van der Waals surface area contributed by atoms with E-state index >= 15 is 0 Å². The Morgan fingerprint density at radius 2 is 2.16 bits per heavy atom. The number of aromatic nitrogens is 2. The molecule has 19 heavy (non-hydrogen) atoms. The molecule has 0 saturated carbocycles. The van der Waals surface area contributed by atoms with E-state index in [0.717, 1.165) is 5.56 Å². The van der Waals surface area contributed by atoms with E-state index in [-0.39, 0.29) is 25.5 Å². The predicted octanol–water partition coefficient (Wildman–Crippen LogP) is -0.946. The number of aliphatic hydroxyl groups is 1. The molecule has 1 heterocycles. The number of rotatable bonds is 7. The zero-order valence-electron chi connectivity index (χ0n) is 11.2. The van der Waals surface area contributed by atoms with E-state index in [2.05, 4.69) is 15.3 Å². The molecule has 1 aromatic heterocycles. The van der Waals surface area contributed by atoms with Gasteiger partial charge in [0.25, 0.3) is 0 Å². The van der Waals surface area contributed by atoms with Crippen LogP contribution in [-0.2, 0) is 16.0 Å². The van der Waals surface area contributed by atoms with E-state index in [1.165, 1.54) is 0 Å². The van der Waals surface area contributed by atoms with Gasteiger partial charge in [0.15, 0.2) is 0 Å². The minimum atomic E-state index is -0.406. The first kappa shape index (κ1) is 15.3. The van der Waals surface area contributed by atoms with Gasteiger partial charge in [-0.25, -0.2) is 4.79 Å². The zero-order valence-corrected chi connectivity index (χ0v) is 11.2. The van der Waals surface area contributed by atoms with Crippen LogP contribution in [0.2, 0.25) is 0 Å². The number of carbonyl (C=O) groups excluding carboxylic acids is 1. The number of hydrogen-bond donors (Lipinski definition) is 3. The summed E-state index contributed by atoms with van der Waals surface area (Å²) in [5, 5.41) is 11.2. The van der Waals surface area contributed by atoms with Crippen LogP contribution in [-0.4, -0.2) is 47.3 Å². The number of nitrogens with one attached hydrogen (secondary N) is 2. The van der Waals surface area contributed by atoms with Crippen LogP contribution in [0.3, 0.4) is 0 Å². The van der Waals surface area contributed by atoms with Gasteiger partial charge in [-0.2, -0.15) is 4.98 Å². The first-order valence-corrected chi connectivity index (χ1v) is 6.06. The van der Waals surface area contributed by atoms with Crippen molar-refractivity contribution in [3.63, 3.8) is 0 Å². The number of nitrogens with zero attached hydrogens (tertiary/aromatic N) is 1. The largest absolute Gasteiger partial charge is 0.394 e. The van der Waals surface area contributed by atoms with Gasteiger partial charge in [-0.3, -0.25) is 4.79 Å². The van der Waals surface area contributed by atoms with Crippen molar-refractivity contribution in [1.29, 1.82) is 0 Å². The third kappa shape index (κ3) is 5.19. The van der Waals surface area contributed by atoms with Crippen molar-refractivity contribution in [3.05, 3.63) is 27.4 Å². The zero-order chi connectivity index (χ0) is 14.3. The van der Waals surface area contributed by atoms with E-state index < -0.39 is 5.69 Å². The van der Waals surface area contributed by atoms with Gasteiger partial charge in [-0.15, -0.1) is 0 Å². The van der Waals surface area contributed by atoms with Crippen molar-refractivity contribution in [1.82, 2.24) is 15.3 Å². The molecule has 0 bridgehead atoms. The Balaban J connectivity index is 2.47. The summed E-state index contributed by atoms with van der Waals surface area (Å²) in [5.74, 6) is -0.160. The van der Waals surface area contributed by atoms with Crippen LogP contribution in [0.25, 0.3) is 0 Å². The quantitative estimate of drug-likeness (QED) is 0.554. The van der Waals surface area contributed by atoms with Gasteiger partial charge in [0, 0.05) is 23.5 Å². The van der Waals surface area contributed by atoms with Gasteiger partial charge in [0.2, 0.25) is 5.91 Å². The predicted molar refractivity (Wildman–Crippen MR) is 69.0 cm³/mol. The van der Waals surface area contributed by atoms with Crippen molar-refractivity contribution in [2.75, 3.05) is 26.4 Å². The average Bonchev–Trinajstić information content (AvgIpc) is 2.33. The molecule has 0 aromatic carbocycles. The Morgan fingerprint density at radius 1 is 1.42 bits per heavy atom. The maximum atomic E-state index is 11.7. The standard InChI is InChI=1S/C12H19N3O4/c1-8-10(9(2)15-12(18)14-8)7-11(17)13-3-5-19-6-4-16/h16H,3-7H2,1-2H3,(H,13,17)(H,14,15,18). The molecular formula is C12H19N3O4. The Kier molecular flexibility index (Phi) is 6.17. The summed E-state index contributed by atoms with van der Waals surface area (Å²) in [4.78, 5) is 29.2. The van der Waals surface area contributed by atoms with Crippen molar-refractivity contribution in [2.24, 2.45) is 0 Å². The molecule has 0 aliphatic rings. The normalized spacial score (nSPS) is 10.5. The lowest BCUT2D eigenvalue weighted by molar-refractivity contribution is -0.120. The van der Waals surface area contributed by atoms with Gasteiger partial charge in [-0.05, 0) is 13.8 Å². The summed E-state index contributed by atoms with van der Waals surface area (Å²) in [7, 11) is 0. The maximum Gasteiger partial charge on any atom is 0.345 e. The highest BCUT2D eigenvalue weighted by Crippen LogP contribution is 2.07. The second-order valence-electron chi connectivity index (χ2n) is 4.09. The fourth-order valence-electron chi connectivity index (χ4n) is 1.67. The smallest absolute Gasteiger partial charge is 0.345 e. The Bertz CT molecular complexity index is 458. The molecule has 0 saturated heterocycles. The molecule has 0 aliphatic heterocycles. The summed E-state index contributed by atoms with van der Waals surface area (Å²) in [5.41, 5.74) is 1.54. The minimum absolute atomic E-state index is 0.0324. The molecule has 0 fully saturated rings. The average molecular weight is 269 g/mol. The van der Waals surface area contributed by atoms with Gasteiger partial charge in [0.05, 0.1) is 26.2 Å². The molecule has 0 unspecified atom stereocenters. The van der Waals surface area contributed by atoms with Gasteiger partial charge < -0.3 is 20.1 Å². The summed E-state index contributed by atoms with van der Waals surface area (Å²) in [6.07, 6.45) is 0.168. The van der Waals surface area contributed by atoms with E-state index in [4.69, 9.17) is 9.84 Å². The molecule has 106 valence electrons. The number of ether oxygens (including phenoxy) is 1. The fraction of sp³-hybridized carbons (Fsp3) is 0.583. The van der Waals surface area contributed by atoms with E-state index in [1.54, 1.807) is 13.8 Å².